The van der Waals surface area contributed by atoms with Gasteiger partial charge >= 0.3 is 0 Å². The zero-order valence-corrected chi connectivity index (χ0v) is 12.5. The summed E-state index contributed by atoms with van der Waals surface area (Å²) in [6, 6.07) is 8.65. The second-order valence-corrected chi connectivity index (χ2v) is 5.45. The van der Waals surface area contributed by atoms with Crippen molar-refractivity contribution in [2.45, 2.75) is 32.7 Å². The molecule has 0 spiro atoms. The second-order valence-electron chi connectivity index (χ2n) is 5.45. The first-order chi connectivity index (χ1) is 9.69. The van der Waals surface area contributed by atoms with E-state index in [-0.39, 0.29) is 5.91 Å². The molecule has 0 unspecified atom stereocenters. The van der Waals surface area contributed by atoms with Gasteiger partial charge < -0.3 is 10.6 Å². The van der Waals surface area contributed by atoms with Crippen LogP contribution in [0.1, 0.15) is 25.3 Å². The van der Waals surface area contributed by atoms with Crippen LogP contribution >= 0.6 is 0 Å². The van der Waals surface area contributed by atoms with E-state index in [0.717, 1.165) is 36.9 Å². The first-order valence-corrected chi connectivity index (χ1v) is 7.50. The van der Waals surface area contributed by atoms with E-state index in [1.165, 1.54) is 12.8 Å². The van der Waals surface area contributed by atoms with Crippen molar-refractivity contribution in [1.82, 2.24) is 10.2 Å². The minimum absolute atomic E-state index is 0.0186. The lowest BCUT2D eigenvalue weighted by Gasteiger charge is -2.19. The van der Waals surface area contributed by atoms with E-state index in [9.17, 15) is 4.79 Å². The van der Waals surface area contributed by atoms with Crippen molar-refractivity contribution in [2.24, 2.45) is 0 Å². The Morgan fingerprint density at radius 1 is 1.40 bits per heavy atom. The smallest absolute Gasteiger partial charge is 0.238 e. The summed E-state index contributed by atoms with van der Waals surface area (Å²) in [5.74, 6) is 0.0186. The van der Waals surface area contributed by atoms with E-state index in [4.69, 9.17) is 0 Å². The Kier molecular flexibility index (Phi) is 5.56. The number of rotatable bonds is 8. The molecule has 4 heteroatoms. The predicted molar refractivity (Wildman–Crippen MR) is 82.9 cm³/mol. The summed E-state index contributed by atoms with van der Waals surface area (Å²) in [5.41, 5.74) is 2.02. The normalized spacial score (nSPS) is 14.6. The number of hydrogen-bond donors (Lipinski definition) is 2. The minimum atomic E-state index is 0.0186. The van der Waals surface area contributed by atoms with Crippen LogP contribution in [0.15, 0.2) is 24.3 Å². The van der Waals surface area contributed by atoms with Crippen molar-refractivity contribution in [3.05, 3.63) is 29.8 Å². The zero-order chi connectivity index (χ0) is 14.4. The molecule has 1 aliphatic rings. The fraction of sp³-hybridized carbons (Fsp3) is 0.562. The van der Waals surface area contributed by atoms with Gasteiger partial charge in [0.25, 0.3) is 0 Å². The van der Waals surface area contributed by atoms with Gasteiger partial charge in [0.05, 0.1) is 6.54 Å². The van der Waals surface area contributed by atoms with Crippen molar-refractivity contribution in [3.8, 4) is 0 Å². The summed E-state index contributed by atoms with van der Waals surface area (Å²) in [6.45, 7) is 7.58. The standard InChI is InChI=1S/C16H25N3O/c1-3-19(15-7-8-15)10-9-17-12-16(20)18-14-6-4-5-13(2)11-14/h4-6,11,15,17H,3,7-10,12H2,1-2H3,(H,18,20). The number of carbonyl (C=O) groups is 1. The number of amides is 1. The highest BCUT2D eigenvalue weighted by Crippen LogP contribution is 2.25. The number of anilines is 1. The molecule has 0 saturated heterocycles. The number of hydrogen-bond acceptors (Lipinski definition) is 3. The number of nitrogens with zero attached hydrogens (tertiary/aromatic N) is 1. The lowest BCUT2D eigenvalue weighted by atomic mass is 10.2. The van der Waals surface area contributed by atoms with E-state index in [0.29, 0.717) is 6.54 Å². The zero-order valence-electron chi connectivity index (χ0n) is 12.5. The molecule has 20 heavy (non-hydrogen) atoms. The molecule has 1 amide bonds. The molecular formula is C16H25N3O. The molecule has 0 aliphatic heterocycles. The molecule has 1 aliphatic carbocycles. The first-order valence-electron chi connectivity index (χ1n) is 7.50. The summed E-state index contributed by atoms with van der Waals surface area (Å²) >= 11 is 0. The first kappa shape index (κ1) is 15.0. The SMILES string of the molecule is CCN(CCNCC(=O)Nc1cccc(C)c1)C1CC1. The molecule has 0 aromatic heterocycles. The van der Waals surface area contributed by atoms with Crippen LogP contribution in [-0.4, -0.2) is 43.0 Å². The summed E-state index contributed by atoms with van der Waals surface area (Å²) < 4.78 is 0. The Balaban J connectivity index is 1.62. The van der Waals surface area contributed by atoms with Crippen LogP contribution in [0.25, 0.3) is 0 Å². The van der Waals surface area contributed by atoms with Crippen molar-refractivity contribution < 1.29 is 4.79 Å². The third-order valence-electron chi connectivity index (χ3n) is 3.63. The molecule has 0 bridgehead atoms. The quantitative estimate of drug-likeness (QED) is 0.713. The van der Waals surface area contributed by atoms with Gasteiger partial charge in [-0.15, -0.1) is 0 Å². The van der Waals surface area contributed by atoms with Gasteiger partial charge in [0.15, 0.2) is 0 Å². The second kappa shape index (κ2) is 7.41. The molecule has 4 nitrogen and oxygen atoms in total. The van der Waals surface area contributed by atoms with Crippen molar-refractivity contribution >= 4 is 11.6 Å². The maximum atomic E-state index is 11.8. The van der Waals surface area contributed by atoms with Crippen LogP contribution in [0.3, 0.4) is 0 Å². The maximum Gasteiger partial charge on any atom is 0.238 e. The summed E-state index contributed by atoms with van der Waals surface area (Å²) in [4.78, 5) is 14.3. The Morgan fingerprint density at radius 3 is 2.85 bits per heavy atom. The number of aryl methyl sites for hydroxylation is 1. The van der Waals surface area contributed by atoms with Crippen LogP contribution in [-0.2, 0) is 4.79 Å². The van der Waals surface area contributed by atoms with E-state index in [1.54, 1.807) is 0 Å². The summed E-state index contributed by atoms with van der Waals surface area (Å²) in [6.07, 6.45) is 2.67. The minimum Gasteiger partial charge on any atom is -0.325 e. The van der Waals surface area contributed by atoms with Crippen LogP contribution < -0.4 is 10.6 Å². The van der Waals surface area contributed by atoms with Crippen molar-refractivity contribution in [3.63, 3.8) is 0 Å². The summed E-state index contributed by atoms with van der Waals surface area (Å²) in [5, 5.41) is 6.12. The average molecular weight is 275 g/mol. The molecule has 1 aromatic carbocycles. The van der Waals surface area contributed by atoms with E-state index >= 15 is 0 Å². The largest absolute Gasteiger partial charge is 0.325 e. The summed E-state index contributed by atoms with van der Waals surface area (Å²) in [7, 11) is 0. The van der Waals surface area contributed by atoms with E-state index < -0.39 is 0 Å². The van der Waals surface area contributed by atoms with Gasteiger partial charge in [-0.05, 0) is 44.0 Å². The molecule has 0 radical (unpaired) electrons. The Morgan fingerprint density at radius 2 is 2.20 bits per heavy atom. The van der Waals surface area contributed by atoms with E-state index in [1.807, 2.05) is 31.2 Å². The molecule has 0 heterocycles. The van der Waals surface area contributed by atoms with Gasteiger partial charge in [0.1, 0.15) is 0 Å². The van der Waals surface area contributed by atoms with Crippen molar-refractivity contribution in [1.29, 1.82) is 0 Å². The van der Waals surface area contributed by atoms with Gasteiger partial charge in [-0.25, -0.2) is 0 Å². The van der Waals surface area contributed by atoms with Crippen LogP contribution in [0.4, 0.5) is 5.69 Å². The van der Waals surface area contributed by atoms with Crippen LogP contribution in [0.5, 0.6) is 0 Å². The van der Waals surface area contributed by atoms with Gasteiger partial charge in [-0.2, -0.15) is 0 Å². The molecule has 2 rings (SSSR count). The monoisotopic (exact) mass is 275 g/mol. The highest BCUT2D eigenvalue weighted by atomic mass is 16.1. The van der Waals surface area contributed by atoms with E-state index in [2.05, 4.69) is 22.5 Å². The fourth-order valence-corrected chi connectivity index (χ4v) is 2.39. The molecule has 0 atom stereocenters. The lowest BCUT2D eigenvalue weighted by Crippen LogP contribution is -2.36. The van der Waals surface area contributed by atoms with Crippen molar-refractivity contribution in [2.75, 3.05) is 31.5 Å². The molecule has 110 valence electrons. The number of benzene rings is 1. The third-order valence-corrected chi connectivity index (χ3v) is 3.63. The molecule has 2 N–H and O–H groups in total. The highest BCUT2D eigenvalue weighted by Gasteiger charge is 2.26. The van der Waals surface area contributed by atoms with Gasteiger partial charge in [-0.1, -0.05) is 19.1 Å². The average Bonchev–Trinajstić information content (AvgIpc) is 3.23. The molecule has 1 aromatic rings. The lowest BCUT2D eigenvalue weighted by molar-refractivity contribution is -0.115. The third kappa shape index (κ3) is 4.94. The number of nitrogens with one attached hydrogen (secondary N) is 2. The highest BCUT2D eigenvalue weighted by molar-refractivity contribution is 5.92. The van der Waals surface area contributed by atoms with Crippen LogP contribution in [0.2, 0.25) is 0 Å². The molecule has 1 fully saturated rings. The fourth-order valence-electron chi connectivity index (χ4n) is 2.39. The number of likely N-dealkylation sites (N-methyl/N-ethyl adjacent to an activating group) is 1. The Bertz CT molecular complexity index is 443. The number of carbonyl (C=O) groups excluding carboxylic acids is 1. The Hall–Kier alpha value is -1.39. The maximum absolute atomic E-state index is 11.8. The molecular weight excluding hydrogens is 250 g/mol. The van der Waals surface area contributed by atoms with Crippen LogP contribution in [0, 0.1) is 6.92 Å². The van der Waals surface area contributed by atoms with Gasteiger partial charge in [-0.3, -0.25) is 9.69 Å². The predicted octanol–water partition coefficient (Wildman–Crippen LogP) is 2.01. The molecule has 1 saturated carbocycles. The van der Waals surface area contributed by atoms with Gasteiger partial charge in [0, 0.05) is 24.8 Å². The topological polar surface area (TPSA) is 44.4 Å². The van der Waals surface area contributed by atoms with Gasteiger partial charge in [0.2, 0.25) is 5.91 Å². The Labute approximate surface area is 121 Å².